The molecule has 1 aromatic rings. The molecule has 0 unspecified atom stereocenters. The Morgan fingerprint density at radius 1 is 1.10 bits per heavy atom. The molecule has 0 bridgehead atoms. The first-order valence-electron chi connectivity index (χ1n) is 7.10. The van der Waals surface area contributed by atoms with Gasteiger partial charge in [-0.25, -0.2) is 0 Å². The second-order valence-electron chi connectivity index (χ2n) is 5.59. The Morgan fingerprint density at radius 3 is 2.20 bits per heavy atom. The number of amides is 1. The minimum absolute atomic E-state index is 0.158. The summed E-state index contributed by atoms with van der Waals surface area (Å²) in [7, 11) is 0. The van der Waals surface area contributed by atoms with E-state index in [0.717, 1.165) is 29.7 Å². The van der Waals surface area contributed by atoms with Gasteiger partial charge in [-0.2, -0.15) is 0 Å². The third-order valence-corrected chi connectivity index (χ3v) is 4.15. The van der Waals surface area contributed by atoms with Crippen LogP contribution in [0.5, 0.6) is 0 Å². The fourth-order valence-corrected chi connectivity index (χ4v) is 2.97. The van der Waals surface area contributed by atoms with Crippen molar-refractivity contribution >= 4 is 17.6 Å². The van der Waals surface area contributed by atoms with Crippen LogP contribution < -0.4 is 5.32 Å². The number of carboxylic acids is 1. The molecule has 0 aliphatic heterocycles. The number of nitrogens with one attached hydrogen (secondary N) is 1. The van der Waals surface area contributed by atoms with Gasteiger partial charge in [-0.15, -0.1) is 0 Å². The quantitative estimate of drug-likeness (QED) is 0.890. The van der Waals surface area contributed by atoms with E-state index in [9.17, 15) is 14.7 Å². The standard InChI is InChI=1S/C16H21NO3/c1-10-6-5-7-11(2)14(10)17-15(18)12-8-3-4-9-13(12)16(19)20/h5-7,12-13H,3-4,8-9H2,1-2H3,(H,17,18)(H,19,20)/t12-,13+/m0/s1. The first-order valence-corrected chi connectivity index (χ1v) is 7.10. The zero-order valence-corrected chi connectivity index (χ0v) is 12.0. The Labute approximate surface area is 119 Å². The van der Waals surface area contributed by atoms with Crippen molar-refractivity contribution in [3.8, 4) is 0 Å². The molecule has 20 heavy (non-hydrogen) atoms. The SMILES string of the molecule is Cc1cccc(C)c1NC(=O)[C@H]1CCCC[C@H]1C(=O)O. The van der Waals surface area contributed by atoms with Crippen LogP contribution in [0, 0.1) is 25.7 Å². The normalized spacial score (nSPS) is 22.3. The average molecular weight is 275 g/mol. The predicted octanol–water partition coefficient (Wildman–Crippen LogP) is 3.13. The van der Waals surface area contributed by atoms with Crippen molar-refractivity contribution in [1.82, 2.24) is 0 Å². The summed E-state index contributed by atoms with van der Waals surface area (Å²) < 4.78 is 0. The smallest absolute Gasteiger partial charge is 0.307 e. The van der Waals surface area contributed by atoms with Crippen molar-refractivity contribution in [3.05, 3.63) is 29.3 Å². The van der Waals surface area contributed by atoms with Crippen LogP contribution in [0.2, 0.25) is 0 Å². The van der Waals surface area contributed by atoms with Gasteiger partial charge in [0, 0.05) is 5.69 Å². The Bertz CT molecular complexity index is 504. The minimum atomic E-state index is -0.855. The lowest BCUT2D eigenvalue weighted by atomic mass is 9.78. The number of benzene rings is 1. The number of carbonyl (C=O) groups excluding carboxylic acids is 1. The van der Waals surface area contributed by atoms with Gasteiger partial charge in [0.2, 0.25) is 5.91 Å². The molecule has 1 aliphatic rings. The Morgan fingerprint density at radius 2 is 1.65 bits per heavy atom. The highest BCUT2D eigenvalue weighted by molar-refractivity contribution is 5.96. The number of carbonyl (C=O) groups is 2. The number of carboxylic acid groups (broad SMARTS) is 1. The van der Waals surface area contributed by atoms with E-state index in [4.69, 9.17) is 0 Å². The van der Waals surface area contributed by atoms with Gasteiger partial charge in [0.25, 0.3) is 0 Å². The van der Waals surface area contributed by atoms with E-state index in [1.165, 1.54) is 0 Å². The van der Waals surface area contributed by atoms with Gasteiger partial charge < -0.3 is 10.4 Å². The second kappa shape index (κ2) is 6.07. The summed E-state index contributed by atoms with van der Waals surface area (Å²) in [6.45, 7) is 3.89. The summed E-state index contributed by atoms with van der Waals surface area (Å²) >= 11 is 0. The third kappa shape index (κ3) is 3.00. The number of aryl methyl sites for hydroxylation is 2. The lowest BCUT2D eigenvalue weighted by Gasteiger charge is -2.28. The highest BCUT2D eigenvalue weighted by Crippen LogP contribution is 2.32. The molecule has 1 aromatic carbocycles. The van der Waals surface area contributed by atoms with Crippen LogP contribution in [0.15, 0.2) is 18.2 Å². The van der Waals surface area contributed by atoms with Gasteiger partial charge in [0.15, 0.2) is 0 Å². The first kappa shape index (κ1) is 14.6. The highest BCUT2D eigenvalue weighted by Gasteiger charge is 2.35. The molecule has 0 radical (unpaired) electrons. The zero-order chi connectivity index (χ0) is 14.7. The van der Waals surface area contributed by atoms with Gasteiger partial charge in [0.1, 0.15) is 0 Å². The molecule has 0 spiro atoms. The summed E-state index contributed by atoms with van der Waals surface area (Å²) in [6, 6.07) is 5.83. The van der Waals surface area contributed by atoms with E-state index >= 15 is 0 Å². The van der Waals surface area contributed by atoms with Crippen molar-refractivity contribution in [1.29, 1.82) is 0 Å². The molecule has 4 heteroatoms. The predicted molar refractivity (Wildman–Crippen MR) is 77.6 cm³/mol. The largest absolute Gasteiger partial charge is 0.481 e. The van der Waals surface area contributed by atoms with E-state index in [1.54, 1.807) is 0 Å². The van der Waals surface area contributed by atoms with Gasteiger partial charge >= 0.3 is 5.97 Å². The van der Waals surface area contributed by atoms with Gasteiger partial charge in [-0.3, -0.25) is 9.59 Å². The van der Waals surface area contributed by atoms with Gasteiger partial charge in [-0.1, -0.05) is 31.0 Å². The number of para-hydroxylation sites is 1. The average Bonchev–Trinajstić information content (AvgIpc) is 2.43. The lowest BCUT2D eigenvalue weighted by molar-refractivity contribution is -0.147. The zero-order valence-electron chi connectivity index (χ0n) is 12.0. The van der Waals surface area contributed by atoms with Crippen LogP contribution in [-0.4, -0.2) is 17.0 Å². The molecule has 1 fully saturated rings. The van der Waals surface area contributed by atoms with E-state index in [-0.39, 0.29) is 5.91 Å². The van der Waals surface area contributed by atoms with Crippen LogP contribution in [0.25, 0.3) is 0 Å². The molecule has 1 saturated carbocycles. The Hall–Kier alpha value is -1.84. The van der Waals surface area contributed by atoms with Crippen LogP contribution in [-0.2, 0) is 9.59 Å². The molecule has 0 heterocycles. The first-order chi connectivity index (χ1) is 9.50. The number of anilines is 1. The topological polar surface area (TPSA) is 66.4 Å². The molecule has 0 saturated heterocycles. The molecule has 4 nitrogen and oxygen atoms in total. The van der Waals surface area contributed by atoms with Crippen molar-refractivity contribution < 1.29 is 14.7 Å². The van der Waals surface area contributed by atoms with Crippen molar-refractivity contribution in [2.75, 3.05) is 5.32 Å². The summed E-state index contributed by atoms with van der Waals surface area (Å²) in [5.41, 5.74) is 2.81. The summed E-state index contributed by atoms with van der Waals surface area (Å²) in [5, 5.41) is 12.2. The molecule has 1 amide bonds. The van der Waals surface area contributed by atoms with Crippen LogP contribution in [0.1, 0.15) is 36.8 Å². The van der Waals surface area contributed by atoms with E-state index < -0.39 is 17.8 Å². The van der Waals surface area contributed by atoms with E-state index in [2.05, 4.69) is 5.32 Å². The van der Waals surface area contributed by atoms with Crippen molar-refractivity contribution in [2.24, 2.45) is 11.8 Å². The number of hydrogen-bond acceptors (Lipinski definition) is 2. The Balaban J connectivity index is 2.16. The van der Waals surface area contributed by atoms with E-state index in [0.29, 0.717) is 12.8 Å². The Kier molecular flexibility index (Phi) is 4.42. The second-order valence-corrected chi connectivity index (χ2v) is 5.59. The molecular formula is C16H21NO3. The highest BCUT2D eigenvalue weighted by atomic mass is 16.4. The number of aliphatic carboxylic acids is 1. The summed E-state index contributed by atoms with van der Waals surface area (Å²) in [4.78, 5) is 23.7. The molecule has 2 rings (SSSR count). The fourth-order valence-electron chi connectivity index (χ4n) is 2.97. The third-order valence-electron chi connectivity index (χ3n) is 4.15. The maximum Gasteiger partial charge on any atom is 0.307 e. The maximum absolute atomic E-state index is 12.4. The number of hydrogen-bond donors (Lipinski definition) is 2. The monoisotopic (exact) mass is 275 g/mol. The molecule has 108 valence electrons. The number of rotatable bonds is 3. The fraction of sp³-hybridized carbons (Fsp3) is 0.500. The summed E-state index contributed by atoms with van der Waals surface area (Å²) in [6.07, 6.45) is 3.08. The molecule has 1 aliphatic carbocycles. The molecule has 2 atom stereocenters. The molecular weight excluding hydrogens is 254 g/mol. The van der Waals surface area contributed by atoms with Crippen molar-refractivity contribution in [3.63, 3.8) is 0 Å². The lowest BCUT2D eigenvalue weighted by Crippen LogP contribution is -2.36. The molecule has 0 aromatic heterocycles. The summed E-state index contributed by atoms with van der Waals surface area (Å²) in [5.74, 6) is -1.98. The van der Waals surface area contributed by atoms with Crippen molar-refractivity contribution in [2.45, 2.75) is 39.5 Å². The van der Waals surface area contributed by atoms with Crippen LogP contribution in [0.4, 0.5) is 5.69 Å². The minimum Gasteiger partial charge on any atom is -0.481 e. The molecule has 2 N–H and O–H groups in total. The van der Waals surface area contributed by atoms with Gasteiger partial charge in [0.05, 0.1) is 11.8 Å². The van der Waals surface area contributed by atoms with Crippen LogP contribution in [0.3, 0.4) is 0 Å². The van der Waals surface area contributed by atoms with Gasteiger partial charge in [-0.05, 0) is 37.8 Å². The maximum atomic E-state index is 12.4. The van der Waals surface area contributed by atoms with Crippen LogP contribution >= 0.6 is 0 Å². The van der Waals surface area contributed by atoms with E-state index in [1.807, 2.05) is 32.0 Å².